The summed E-state index contributed by atoms with van der Waals surface area (Å²) >= 11 is 11.8. The number of hydrogen-bond donors (Lipinski definition) is 1. The van der Waals surface area contributed by atoms with E-state index in [1.807, 2.05) is 0 Å². The number of benzene rings is 1. The van der Waals surface area contributed by atoms with Crippen LogP contribution in [0.2, 0.25) is 10.0 Å². The lowest BCUT2D eigenvalue weighted by Gasteiger charge is -1.97. The Bertz CT molecular complexity index is 566. The van der Waals surface area contributed by atoms with E-state index in [-0.39, 0.29) is 0 Å². The average molecular weight is 284 g/mol. The minimum atomic E-state index is 0.459. The van der Waals surface area contributed by atoms with Gasteiger partial charge in [0, 0.05) is 11.6 Å². The number of nitrogens with zero attached hydrogens (tertiary/aromatic N) is 2. The smallest absolute Gasteiger partial charge is 0.258 e. The molecular formula is C12H11Cl2N3O. The van der Waals surface area contributed by atoms with Gasteiger partial charge in [-0.25, -0.2) is 0 Å². The van der Waals surface area contributed by atoms with Gasteiger partial charge in [0.05, 0.1) is 16.6 Å². The second-order valence-electron chi connectivity index (χ2n) is 4.30. The minimum absolute atomic E-state index is 0.459. The fraction of sp³-hybridized carbons (Fsp3) is 0.333. The molecule has 18 heavy (non-hydrogen) atoms. The van der Waals surface area contributed by atoms with Crippen molar-refractivity contribution >= 4 is 23.2 Å². The fourth-order valence-electron chi connectivity index (χ4n) is 1.60. The van der Waals surface area contributed by atoms with Gasteiger partial charge in [0.1, 0.15) is 0 Å². The molecular weight excluding hydrogens is 273 g/mol. The van der Waals surface area contributed by atoms with Gasteiger partial charge in [-0.15, -0.1) is 0 Å². The zero-order valence-corrected chi connectivity index (χ0v) is 11.0. The monoisotopic (exact) mass is 283 g/mol. The molecule has 3 rings (SSSR count). The SMILES string of the molecule is Clc1ccc(-c2nc(CNC3CC3)no2)cc1Cl. The van der Waals surface area contributed by atoms with Crippen molar-refractivity contribution in [2.75, 3.05) is 0 Å². The highest BCUT2D eigenvalue weighted by Gasteiger charge is 2.21. The van der Waals surface area contributed by atoms with Crippen LogP contribution in [0, 0.1) is 0 Å². The third-order valence-corrected chi connectivity index (χ3v) is 3.50. The normalized spacial score (nSPS) is 15.0. The topological polar surface area (TPSA) is 51.0 Å². The minimum Gasteiger partial charge on any atom is -0.334 e. The van der Waals surface area contributed by atoms with Crippen LogP contribution in [0.4, 0.5) is 0 Å². The van der Waals surface area contributed by atoms with Crippen molar-refractivity contribution in [1.82, 2.24) is 15.5 Å². The van der Waals surface area contributed by atoms with Crippen LogP contribution in [-0.2, 0) is 6.54 Å². The number of nitrogens with one attached hydrogen (secondary N) is 1. The number of halogens is 2. The molecule has 94 valence electrons. The van der Waals surface area contributed by atoms with E-state index in [2.05, 4.69) is 15.5 Å². The Morgan fingerprint density at radius 3 is 2.83 bits per heavy atom. The van der Waals surface area contributed by atoms with Crippen molar-refractivity contribution in [2.45, 2.75) is 25.4 Å². The summed E-state index contributed by atoms with van der Waals surface area (Å²) in [6.45, 7) is 0.634. The largest absolute Gasteiger partial charge is 0.334 e. The Morgan fingerprint density at radius 2 is 2.11 bits per heavy atom. The second kappa shape index (κ2) is 4.88. The molecule has 4 nitrogen and oxygen atoms in total. The first-order valence-corrected chi connectivity index (χ1v) is 6.49. The number of rotatable bonds is 4. The molecule has 1 N–H and O–H groups in total. The highest BCUT2D eigenvalue weighted by Crippen LogP contribution is 2.27. The second-order valence-corrected chi connectivity index (χ2v) is 5.11. The zero-order valence-electron chi connectivity index (χ0n) is 9.49. The third-order valence-electron chi connectivity index (χ3n) is 2.76. The van der Waals surface area contributed by atoms with Gasteiger partial charge in [0.15, 0.2) is 5.82 Å². The summed E-state index contributed by atoms with van der Waals surface area (Å²) in [7, 11) is 0. The van der Waals surface area contributed by atoms with Crippen molar-refractivity contribution in [3.8, 4) is 11.5 Å². The Balaban J connectivity index is 1.76. The summed E-state index contributed by atoms with van der Waals surface area (Å²) in [5.74, 6) is 1.11. The Kier molecular flexibility index (Phi) is 3.24. The standard InChI is InChI=1S/C12H11Cl2N3O/c13-9-4-1-7(5-10(9)14)12-16-11(17-18-12)6-15-8-2-3-8/h1,4-5,8,15H,2-3,6H2. The van der Waals surface area contributed by atoms with Gasteiger partial charge in [-0.3, -0.25) is 0 Å². The maximum absolute atomic E-state index is 5.95. The van der Waals surface area contributed by atoms with Crippen molar-refractivity contribution < 1.29 is 4.52 Å². The molecule has 1 aliphatic carbocycles. The van der Waals surface area contributed by atoms with E-state index in [9.17, 15) is 0 Å². The molecule has 1 aromatic carbocycles. The predicted octanol–water partition coefficient (Wildman–Crippen LogP) is 3.30. The summed E-state index contributed by atoms with van der Waals surface area (Å²) < 4.78 is 5.20. The van der Waals surface area contributed by atoms with E-state index < -0.39 is 0 Å². The fourth-order valence-corrected chi connectivity index (χ4v) is 1.89. The van der Waals surface area contributed by atoms with Gasteiger partial charge in [0.25, 0.3) is 5.89 Å². The Labute approximate surface area is 114 Å². The molecule has 0 atom stereocenters. The quantitative estimate of drug-likeness (QED) is 0.936. The molecule has 1 fully saturated rings. The maximum atomic E-state index is 5.95. The summed E-state index contributed by atoms with van der Waals surface area (Å²) in [6.07, 6.45) is 2.47. The summed E-state index contributed by atoms with van der Waals surface area (Å²) in [4.78, 5) is 4.31. The van der Waals surface area contributed by atoms with E-state index in [4.69, 9.17) is 27.7 Å². The van der Waals surface area contributed by atoms with Crippen molar-refractivity contribution in [3.63, 3.8) is 0 Å². The average Bonchev–Trinajstić information content (AvgIpc) is 3.08. The lowest BCUT2D eigenvalue weighted by atomic mass is 10.2. The van der Waals surface area contributed by atoms with E-state index in [1.165, 1.54) is 12.8 Å². The first kappa shape index (κ1) is 12.0. The molecule has 0 bridgehead atoms. The van der Waals surface area contributed by atoms with Gasteiger partial charge in [0.2, 0.25) is 0 Å². The third kappa shape index (κ3) is 2.66. The van der Waals surface area contributed by atoms with Crippen LogP contribution in [0.3, 0.4) is 0 Å². The molecule has 0 spiro atoms. The van der Waals surface area contributed by atoms with Crippen LogP contribution in [0.1, 0.15) is 18.7 Å². The molecule has 2 aromatic rings. The highest BCUT2D eigenvalue weighted by atomic mass is 35.5. The Morgan fingerprint density at radius 1 is 1.28 bits per heavy atom. The van der Waals surface area contributed by atoms with Crippen molar-refractivity contribution in [1.29, 1.82) is 0 Å². The van der Waals surface area contributed by atoms with Crippen LogP contribution in [0.5, 0.6) is 0 Å². The molecule has 0 saturated heterocycles. The van der Waals surface area contributed by atoms with Crippen LogP contribution in [0.15, 0.2) is 22.7 Å². The predicted molar refractivity (Wildman–Crippen MR) is 69.6 cm³/mol. The lowest BCUT2D eigenvalue weighted by Crippen LogP contribution is -2.16. The molecule has 1 saturated carbocycles. The molecule has 0 radical (unpaired) electrons. The van der Waals surface area contributed by atoms with Gasteiger partial charge in [-0.05, 0) is 31.0 Å². The van der Waals surface area contributed by atoms with Gasteiger partial charge in [-0.1, -0.05) is 28.4 Å². The number of aromatic nitrogens is 2. The maximum Gasteiger partial charge on any atom is 0.258 e. The van der Waals surface area contributed by atoms with Crippen LogP contribution in [0.25, 0.3) is 11.5 Å². The number of hydrogen-bond acceptors (Lipinski definition) is 4. The van der Waals surface area contributed by atoms with Gasteiger partial charge >= 0.3 is 0 Å². The van der Waals surface area contributed by atoms with E-state index in [0.29, 0.717) is 34.3 Å². The zero-order chi connectivity index (χ0) is 12.5. The van der Waals surface area contributed by atoms with Gasteiger partial charge in [-0.2, -0.15) is 4.98 Å². The van der Waals surface area contributed by atoms with Crippen molar-refractivity contribution in [3.05, 3.63) is 34.1 Å². The molecule has 0 amide bonds. The lowest BCUT2D eigenvalue weighted by molar-refractivity contribution is 0.419. The molecule has 6 heteroatoms. The molecule has 1 heterocycles. The van der Waals surface area contributed by atoms with Gasteiger partial charge < -0.3 is 9.84 Å². The highest BCUT2D eigenvalue weighted by molar-refractivity contribution is 6.42. The summed E-state index contributed by atoms with van der Waals surface area (Å²) in [5.41, 5.74) is 0.773. The molecule has 1 aliphatic rings. The van der Waals surface area contributed by atoms with Crippen LogP contribution >= 0.6 is 23.2 Å². The van der Waals surface area contributed by atoms with E-state index in [0.717, 1.165) is 5.56 Å². The van der Waals surface area contributed by atoms with Crippen LogP contribution < -0.4 is 5.32 Å². The summed E-state index contributed by atoms with van der Waals surface area (Å²) in [6, 6.07) is 5.86. The van der Waals surface area contributed by atoms with Crippen LogP contribution in [-0.4, -0.2) is 16.2 Å². The first-order valence-electron chi connectivity index (χ1n) is 5.74. The van der Waals surface area contributed by atoms with E-state index in [1.54, 1.807) is 18.2 Å². The summed E-state index contributed by atoms with van der Waals surface area (Å²) in [5, 5.41) is 8.23. The molecule has 0 unspecified atom stereocenters. The van der Waals surface area contributed by atoms with Crippen molar-refractivity contribution in [2.24, 2.45) is 0 Å². The molecule has 0 aliphatic heterocycles. The Hall–Kier alpha value is -1.10. The first-order chi connectivity index (χ1) is 8.72. The molecule has 1 aromatic heterocycles. The van der Waals surface area contributed by atoms with E-state index >= 15 is 0 Å².